The van der Waals surface area contributed by atoms with E-state index in [2.05, 4.69) is 4.98 Å². The molecule has 1 unspecified atom stereocenters. The lowest BCUT2D eigenvalue weighted by Crippen LogP contribution is -2.40. The van der Waals surface area contributed by atoms with Gasteiger partial charge in [-0.15, -0.1) is 0 Å². The van der Waals surface area contributed by atoms with Gasteiger partial charge in [0.1, 0.15) is 17.3 Å². The van der Waals surface area contributed by atoms with E-state index in [1.807, 2.05) is 25.1 Å². The zero-order valence-corrected chi connectivity index (χ0v) is 20.2. The van der Waals surface area contributed by atoms with E-state index in [9.17, 15) is 13.2 Å². The molecule has 176 valence electrons. The van der Waals surface area contributed by atoms with Crippen LogP contribution in [0.5, 0.6) is 11.5 Å². The van der Waals surface area contributed by atoms with Gasteiger partial charge in [0.05, 0.1) is 41.5 Å². The van der Waals surface area contributed by atoms with Gasteiger partial charge in [0, 0.05) is 6.61 Å². The van der Waals surface area contributed by atoms with Crippen molar-refractivity contribution in [3.8, 4) is 11.5 Å². The quantitative estimate of drug-likeness (QED) is 0.451. The average Bonchev–Trinajstić information content (AvgIpc) is 3.46. The summed E-state index contributed by atoms with van der Waals surface area (Å²) in [6.45, 7) is 3.35. The van der Waals surface area contributed by atoms with Crippen LogP contribution in [0.3, 0.4) is 0 Å². The van der Waals surface area contributed by atoms with Gasteiger partial charge in [-0.05, 0) is 62.2 Å². The van der Waals surface area contributed by atoms with Gasteiger partial charge in [0.15, 0.2) is 15.0 Å². The van der Waals surface area contributed by atoms with E-state index in [-0.39, 0.29) is 17.5 Å². The summed E-state index contributed by atoms with van der Waals surface area (Å²) >= 11 is 1.33. The summed E-state index contributed by atoms with van der Waals surface area (Å²) in [4.78, 5) is 19.4. The summed E-state index contributed by atoms with van der Waals surface area (Å²) in [5.74, 6) is 0.0671. The van der Waals surface area contributed by atoms with Gasteiger partial charge in [-0.3, -0.25) is 9.69 Å². The Morgan fingerprint density at radius 2 is 1.97 bits per heavy atom. The molecule has 0 bridgehead atoms. The number of rotatable bonds is 9. The van der Waals surface area contributed by atoms with Gasteiger partial charge in [0.25, 0.3) is 0 Å². The third kappa shape index (κ3) is 5.45. The Labute approximate surface area is 197 Å². The second-order valence-corrected chi connectivity index (χ2v) is 10.6. The molecule has 10 heteroatoms. The number of ether oxygens (including phenoxy) is 3. The lowest BCUT2D eigenvalue weighted by molar-refractivity contribution is -0.116. The molecule has 0 radical (unpaired) electrons. The molecule has 0 aliphatic carbocycles. The van der Waals surface area contributed by atoms with E-state index < -0.39 is 21.5 Å². The van der Waals surface area contributed by atoms with Crippen molar-refractivity contribution in [2.75, 3.05) is 37.5 Å². The Hall–Kier alpha value is -2.69. The molecule has 1 amide bonds. The van der Waals surface area contributed by atoms with Crippen LogP contribution in [0, 0.1) is 0 Å². The Kier molecular flexibility index (Phi) is 7.16. The number of carbonyl (C=O) groups is 1. The third-order valence-corrected chi connectivity index (χ3v) is 7.99. The SMILES string of the molecule is CCOc1ccc2nc(N(CC3CCCO3)C(=O)CS(=O)(=O)c3ccc(OC)cc3)sc2c1. The van der Waals surface area contributed by atoms with Gasteiger partial charge in [-0.1, -0.05) is 11.3 Å². The number of hydrogen-bond acceptors (Lipinski definition) is 8. The largest absolute Gasteiger partial charge is 0.497 e. The molecule has 2 heterocycles. The molecule has 3 aromatic rings. The minimum Gasteiger partial charge on any atom is -0.497 e. The number of hydrogen-bond donors (Lipinski definition) is 0. The van der Waals surface area contributed by atoms with Crippen LogP contribution in [0.25, 0.3) is 10.2 Å². The van der Waals surface area contributed by atoms with Crippen LogP contribution in [0.1, 0.15) is 19.8 Å². The molecule has 4 rings (SSSR count). The fourth-order valence-corrected chi connectivity index (χ4v) is 5.87. The van der Waals surface area contributed by atoms with Gasteiger partial charge in [-0.25, -0.2) is 13.4 Å². The molecule has 33 heavy (non-hydrogen) atoms. The summed E-state index contributed by atoms with van der Waals surface area (Å²) in [7, 11) is -2.34. The highest BCUT2D eigenvalue weighted by Gasteiger charge is 2.30. The normalized spacial score (nSPS) is 16.1. The first kappa shape index (κ1) is 23.5. The highest BCUT2D eigenvalue weighted by atomic mass is 32.2. The summed E-state index contributed by atoms with van der Waals surface area (Å²) in [5.41, 5.74) is 0.724. The first-order chi connectivity index (χ1) is 15.9. The monoisotopic (exact) mass is 490 g/mol. The van der Waals surface area contributed by atoms with E-state index in [1.165, 1.54) is 35.5 Å². The Morgan fingerprint density at radius 3 is 2.64 bits per heavy atom. The van der Waals surface area contributed by atoms with E-state index >= 15 is 0 Å². The highest BCUT2D eigenvalue weighted by molar-refractivity contribution is 7.92. The van der Waals surface area contributed by atoms with Crippen LogP contribution < -0.4 is 14.4 Å². The minimum absolute atomic E-state index is 0.0689. The second-order valence-electron chi connectivity index (χ2n) is 7.63. The van der Waals surface area contributed by atoms with Crippen molar-refractivity contribution in [2.45, 2.75) is 30.8 Å². The number of amides is 1. The molecule has 0 saturated carbocycles. The Bertz CT molecular complexity index is 1220. The van der Waals surface area contributed by atoms with Crippen LogP contribution >= 0.6 is 11.3 Å². The van der Waals surface area contributed by atoms with E-state index in [1.54, 1.807) is 12.1 Å². The molecule has 1 fully saturated rings. The summed E-state index contributed by atoms with van der Waals surface area (Å²) < 4.78 is 43.1. The van der Waals surface area contributed by atoms with Crippen LogP contribution in [0.15, 0.2) is 47.4 Å². The fourth-order valence-electron chi connectivity index (χ4n) is 3.65. The molecule has 8 nitrogen and oxygen atoms in total. The maximum atomic E-state index is 13.3. The maximum absolute atomic E-state index is 13.3. The number of benzene rings is 2. The molecular formula is C23H26N2O6S2. The van der Waals surface area contributed by atoms with Gasteiger partial charge >= 0.3 is 0 Å². The third-order valence-electron chi connectivity index (χ3n) is 5.33. The van der Waals surface area contributed by atoms with Crippen LogP contribution in [0.4, 0.5) is 5.13 Å². The molecule has 1 aromatic heterocycles. The molecule has 1 saturated heterocycles. The Balaban J connectivity index is 1.61. The number of carbonyl (C=O) groups excluding carboxylic acids is 1. The topological polar surface area (TPSA) is 95.0 Å². The van der Waals surface area contributed by atoms with Crippen LogP contribution in [0.2, 0.25) is 0 Å². The number of thiazole rings is 1. The van der Waals surface area contributed by atoms with Crippen molar-refractivity contribution in [1.29, 1.82) is 0 Å². The van der Waals surface area contributed by atoms with Crippen molar-refractivity contribution in [1.82, 2.24) is 4.98 Å². The van der Waals surface area contributed by atoms with Crippen LogP contribution in [-0.2, 0) is 19.4 Å². The molecule has 1 atom stereocenters. The zero-order valence-electron chi connectivity index (χ0n) is 18.5. The zero-order chi connectivity index (χ0) is 23.4. The first-order valence-corrected chi connectivity index (χ1v) is 13.2. The lowest BCUT2D eigenvalue weighted by Gasteiger charge is -2.23. The molecule has 1 aliphatic rings. The summed E-state index contributed by atoms with van der Waals surface area (Å²) in [6, 6.07) is 11.6. The van der Waals surface area contributed by atoms with Gasteiger partial charge in [-0.2, -0.15) is 0 Å². The fraction of sp³-hybridized carbons (Fsp3) is 0.391. The molecule has 2 aromatic carbocycles. The lowest BCUT2D eigenvalue weighted by atomic mass is 10.2. The summed E-state index contributed by atoms with van der Waals surface area (Å²) in [6.07, 6.45) is 1.58. The average molecular weight is 491 g/mol. The van der Waals surface area contributed by atoms with Crippen molar-refractivity contribution >= 4 is 42.4 Å². The molecule has 0 N–H and O–H groups in total. The highest BCUT2D eigenvalue weighted by Crippen LogP contribution is 2.33. The van der Waals surface area contributed by atoms with Crippen LogP contribution in [-0.4, -0.2) is 58.0 Å². The number of sulfone groups is 1. The summed E-state index contributed by atoms with van der Waals surface area (Å²) in [5, 5.41) is 0.448. The van der Waals surface area contributed by atoms with E-state index in [0.29, 0.717) is 24.1 Å². The smallest absolute Gasteiger partial charge is 0.244 e. The predicted octanol–water partition coefficient (Wildman–Crippen LogP) is 3.69. The molecule has 1 aliphatic heterocycles. The number of methoxy groups -OCH3 is 1. The Morgan fingerprint density at radius 1 is 1.21 bits per heavy atom. The number of nitrogens with zero attached hydrogens (tertiary/aromatic N) is 2. The van der Waals surface area contributed by atoms with Gasteiger partial charge in [0.2, 0.25) is 5.91 Å². The van der Waals surface area contributed by atoms with Crippen molar-refractivity contribution in [2.24, 2.45) is 0 Å². The predicted molar refractivity (Wildman–Crippen MR) is 127 cm³/mol. The second kappa shape index (κ2) is 10.1. The van der Waals surface area contributed by atoms with Crippen molar-refractivity contribution in [3.05, 3.63) is 42.5 Å². The van der Waals surface area contributed by atoms with Crippen molar-refractivity contribution < 1.29 is 27.4 Å². The first-order valence-electron chi connectivity index (χ1n) is 10.7. The number of anilines is 1. The van der Waals surface area contributed by atoms with E-state index in [4.69, 9.17) is 14.2 Å². The van der Waals surface area contributed by atoms with Crippen molar-refractivity contribution in [3.63, 3.8) is 0 Å². The standard InChI is InChI=1S/C23H26N2O6S2/c1-3-30-17-8-11-20-21(13-17)32-23(24-20)25(14-18-5-4-12-31-18)22(26)15-33(27,28)19-9-6-16(29-2)7-10-19/h6-11,13,18H,3-5,12,14-15H2,1-2H3. The van der Waals surface area contributed by atoms with E-state index in [0.717, 1.165) is 28.8 Å². The minimum atomic E-state index is -3.85. The number of aromatic nitrogens is 1. The molecular weight excluding hydrogens is 464 g/mol. The van der Waals surface area contributed by atoms with Gasteiger partial charge < -0.3 is 14.2 Å². The number of fused-ring (bicyclic) bond motifs is 1. The molecule has 0 spiro atoms. The maximum Gasteiger partial charge on any atom is 0.244 e.